The smallest absolute Gasteiger partial charge is 0.256 e. The fourth-order valence-electron chi connectivity index (χ4n) is 3.49. The van der Waals surface area contributed by atoms with Crippen LogP contribution in [0.4, 0.5) is 0 Å². The molecule has 0 bridgehead atoms. The average molecular weight is 396 g/mol. The number of likely N-dealkylation sites (tertiary alicyclic amines) is 1. The molecule has 1 saturated heterocycles. The lowest BCUT2D eigenvalue weighted by atomic mass is 9.93. The summed E-state index contributed by atoms with van der Waals surface area (Å²) in [5.74, 6) is 1.28. The maximum atomic E-state index is 12.7. The van der Waals surface area contributed by atoms with Crippen LogP contribution in [0, 0.1) is 12.8 Å². The standard InChI is InChI=1S/C22H29N5O2/c1-15(2)21-25-12-18(13-26-21)22(29)27-9-6-17(7-10-27)11-20(28)24-14-19-16(3)5-4-8-23-19/h4-5,8,12-13,15,17H,6-7,9-11,14H2,1-3H3,(H,24,28). The number of aryl methyl sites for hydroxylation is 1. The van der Waals surface area contributed by atoms with E-state index in [4.69, 9.17) is 0 Å². The van der Waals surface area contributed by atoms with Crippen LogP contribution >= 0.6 is 0 Å². The predicted molar refractivity (Wildman–Crippen MR) is 110 cm³/mol. The molecule has 2 amide bonds. The summed E-state index contributed by atoms with van der Waals surface area (Å²) < 4.78 is 0. The minimum atomic E-state index is -0.0335. The lowest BCUT2D eigenvalue weighted by Crippen LogP contribution is -2.39. The van der Waals surface area contributed by atoms with Crippen molar-refractivity contribution in [3.05, 3.63) is 53.4 Å². The molecule has 3 heterocycles. The summed E-state index contributed by atoms with van der Waals surface area (Å²) in [7, 11) is 0. The van der Waals surface area contributed by atoms with Crippen LogP contribution in [0.15, 0.2) is 30.7 Å². The Morgan fingerprint density at radius 2 is 1.86 bits per heavy atom. The second-order valence-electron chi connectivity index (χ2n) is 7.97. The van der Waals surface area contributed by atoms with Crippen LogP contribution in [0.1, 0.15) is 66.5 Å². The molecule has 3 rings (SSSR count). The van der Waals surface area contributed by atoms with Crippen LogP contribution in [-0.4, -0.2) is 44.8 Å². The zero-order valence-electron chi connectivity index (χ0n) is 17.4. The Morgan fingerprint density at radius 1 is 1.17 bits per heavy atom. The van der Waals surface area contributed by atoms with Crippen LogP contribution < -0.4 is 5.32 Å². The molecule has 29 heavy (non-hydrogen) atoms. The number of hydrogen-bond acceptors (Lipinski definition) is 5. The fourth-order valence-corrected chi connectivity index (χ4v) is 3.49. The molecule has 0 spiro atoms. The lowest BCUT2D eigenvalue weighted by Gasteiger charge is -2.31. The van der Waals surface area contributed by atoms with Gasteiger partial charge in [0.15, 0.2) is 0 Å². The highest BCUT2D eigenvalue weighted by Crippen LogP contribution is 2.22. The third kappa shape index (κ3) is 5.59. The van der Waals surface area contributed by atoms with Gasteiger partial charge in [-0.2, -0.15) is 0 Å². The number of amides is 2. The van der Waals surface area contributed by atoms with Crippen molar-refractivity contribution in [2.75, 3.05) is 13.1 Å². The minimum absolute atomic E-state index is 0.0335. The number of nitrogens with zero attached hydrogens (tertiary/aromatic N) is 4. The van der Waals surface area contributed by atoms with E-state index >= 15 is 0 Å². The Bertz CT molecular complexity index is 843. The van der Waals surface area contributed by atoms with E-state index in [2.05, 4.69) is 20.3 Å². The van der Waals surface area contributed by atoms with Crippen molar-refractivity contribution >= 4 is 11.8 Å². The maximum Gasteiger partial charge on any atom is 0.256 e. The van der Waals surface area contributed by atoms with Crippen molar-refractivity contribution < 1.29 is 9.59 Å². The Labute approximate surface area is 172 Å². The molecular formula is C22H29N5O2. The molecule has 0 aliphatic carbocycles. The lowest BCUT2D eigenvalue weighted by molar-refractivity contribution is -0.122. The molecule has 0 atom stereocenters. The van der Waals surface area contributed by atoms with E-state index in [0.29, 0.717) is 37.5 Å². The average Bonchev–Trinajstić information content (AvgIpc) is 2.73. The molecule has 1 fully saturated rings. The largest absolute Gasteiger partial charge is 0.350 e. The van der Waals surface area contributed by atoms with Crippen LogP contribution in [0.5, 0.6) is 0 Å². The minimum Gasteiger partial charge on any atom is -0.350 e. The van der Waals surface area contributed by atoms with E-state index in [1.165, 1.54) is 0 Å². The van der Waals surface area contributed by atoms with Gasteiger partial charge in [-0.05, 0) is 37.3 Å². The Balaban J connectivity index is 1.44. The van der Waals surface area contributed by atoms with Crippen LogP contribution in [0.25, 0.3) is 0 Å². The van der Waals surface area contributed by atoms with Crippen molar-refractivity contribution in [1.29, 1.82) is 0 Å². The number of piperidine rings is 1. The van der Waals surface area contributed by atoms with E-state index in [9.17, 15) is 9.59 Å². The fraction of sp³-hybridized carbons (Fsp3) is 0.500. The molecule has 0 radical (unpaired) electrons. The summed E-state index contributed by atoms with van der Waals surface area (Å²) >= 11 is 0. The van der Waals surface area contributed by atoms with Gasteiger partial charge in [0.25, 0.3) is 5.91 Å². The number of aromatic nitrogens is 3. The van der Waals surface area contributed by atoms with Crippen molar-refractivity contribution in [2.45, 2.75) is 52.5 Å². The topological polar surface area (TPSA) is 88.1 Å². The normalized spacial score (nSPS) is 14.8. The molecule has 2 aromatic heterocycles. The Hall–Kier alpha value is -2.83. The van der Waals surface area contributed by atoms with Crippen molar-refractivity contribution in [3.63, 3.8) is 0 Å². The SMILES string of the molecule is Cc1cccnc1CNC(=O)CC1CCN(C(=O)c2cnc(C(C)C)nc2)CC1. The molecule has 7 nitrogen and oxygen atoms in total. The molecule has 0 saturated carbocycles. The molecule has 0 aromatic carbocycles. The van der Waals surface area contributed by atoms with Gasteiger partial charge in [-0.3, -0.25) is 14.6 Å². The number of carbonyl (C=O) groups is 2. The molecular weight excluding hydrogens is 366 g/mol. The summed E-state index contributed by atoms with van der Waals surface area (Å²) in [6.45, 7) is 7.80. The van der Waals surface area contributed by atoms with E-state index < -0.39 is 0 Å². The van der Waals surface area contributed by atoms with E-state index in [1.807, 2.05) is 37.8 Å². The van der Waals surface area contributed by atoms with Crippen molar-refractivity contribution in [3.8, 4) is 0 Å². The number of rotatable bonds is 6. The summed E-state index contributed by atoms with van der Waals surface area (Å²) in [5, 5.41) is 2.96. The van der Waals surface area contributed by atoms with Crippen LogP contribution in [0.3, 0.4) is 0 Å². The van der Waals surface area contributed by atoms with E-state index in [0.717, 1.165) is 29.9 Å². The summed E-state index contributed by atoms with van der Waals surface area (Å²) in [6.07, 6.45) is 7.11. The van der Waals surface area contributed by atoms with Crippen molar-refractivity contribution in [2.24, 2.45) is 5.92 Å². The first-order chi connectivity index (χ1) is 13.9. The number of hydrogen-bond donors (Lipinski definition) is 1. The molecule has 1 N–H and O–H groups in total. The van der Waals surface area contributed by atoms with Gasteiger partial charge >= 0.3 is 0 Å². The first-order valence-electron chi connectivity index (χ1n) is 10.2. The first-order valence-corrected chi connectivity index (χ1v) is 10.2. The predicted octanol–water partition coefficient (Wildman–Crippen LogP) is 2.86. The monoisotopic (exact) mass is 395 g/mol. The van der Waals surface area contributed by atoms with E-state index in [-0.39, 0.29) is 17.7 Å². The molecule has 0 unspecified atom stereocenters. The summed E-state index contributed by atoms with van der Waals surface area (Å²) in [4.78, 5) is 39.6. The van der Waals surface area contributed by atoms with Gasteiger partial charge in [0.05, 0.1) is 17.8 Å². The van der Waals surface area contributed by atoms with Gasteiger partial charge < -0.3 is 10.2 Å². The number of carbonyl (C=O) groups excluding carboxylic acids is 2. The Kier molecular flexibility index (Phi) is 6.90. The highest BCUT2D eigenvalue weighted by Gasteiger charge is 2.25. The number of nitrogens with one attached hydrogen (secondary N) is 1. The van der Waals surface area contributed by atoms with Gasteiger partial charge in [-0.15, -0.1) is 0 Å². The van der Waals surface area contributed by atoms with Gasteiger partial charge in [0.2, 0.25) is 5.91 Å². The highest BCUT2D eigenvalue weighted by atomic mass is 16.2. The molecule has 1 aliphatic rings. The summed E-state index contributed by atoms with van der Waals surface area (Å²) in [5.41, 5.74) is 2.49. The first kappa shape index (κ1) is 20.9. The summed E-state index contributed by atoms with van der Waals surface area (Å²) in [6, 6.07) is 3.88. The molecule has 1 aliphatic heterocycles. The second kappa shape index (κ2) is 9.58. The van der Waals surface area contributed by atoms with Crippen molar-refractivity contribution in [1.82, 2.24) is 25.2 Å². The Morgan fingerprint density at radius 3 is 2.48 bits per heavy atom. The zero-order valence-corrected chi connectivity index (χ0v) is 17.4. The van der Waals surface area contributed by atoms with E-state index in [1.54, 1.807) is 18.6 Å². The number of pyridine rings is 1. The van der Waals surface area contributed by atoms with Gasteiger partial charge in [0.1, 0.15) is 5.82 Å². The third-order valence-electron chi connectivity index (χ3n) is 5.38. The van der Waals surface area contributed by atoms with Crippen LogP contribution in [0.2, 0.25) is 0 Å². The van der Waals surface area contributed by atoms with Gasteiger partial charge in [-0.1, -0.05) is 19.9 Å². The molecule has 2 aromatic rings. The maximum absolute atomic E-state index is 12.7. The quantitative estimate of drug-likeness (QED) is 0.812. The molecule has 154 valence electrons. The molecule has 7 heteroatoms. The highest BCUT2D eigenvalue weighted by molar-refractivity contribution is 5.93. The second-order valence-corrected chi connectivity index (χ2v) is 7.97. The van der Waals surface area contributed by atoms with Gasteiger partial charge in [-0.25, -0.2) is 9.97 Å². The van der Waals surface area contributed by atoms with Crippen LogP contribution in [-0.2, 0) is 11.3 Å². The third-order valence-corrected chi connectivity index (χ3v) is 5.38. The van der Waals surface area contributed by atoms with Gasteiger partial charge in [0, 0.05) is 44.0 Å². The zero-order chi connectivity index (χ0) is 20.8.